The van der Waals surface area contributed by atoms with E-state index in [0.717, 1.165) is 18.5 Å². The molecule has 1 rings (SSSR count). The molecule has 9 nitrogen and oxygen atoms in total. The van der Waals surface area contributed by atoms with Gasteiger partial charge in [-0.25, -0.2) is 9.48 Å². The lowest BCUT2D eigenvalue weighted by Gasteiger charge is -2.38. The first-order valence-corrected chi connectivity index (χ1v) is 12.2. The number of nitrogens with zero attached hydrogens (tertiary/aromatic N) is 3. The number of carbonyl (C=O) groups is 2. The van der Waals surface area contributed by atoms with Crippen LogP contribution in [0.3, 0.4) is 0 Å². The van der Waals surface area contributed by atoms with Crippen LogP contribution in [0.4, 0.5) is 0 Å². The molecule has 1 heterocycles. The van der Waals surface area contributed by atoms with Crippen LogP contribution >= 0.6 is 0 Å². The van der Waals surface area contributed by atoms with Gasteiger partial charge in [-0.3, -0.25) is 9.68 Å². The van der Waals surface area contributed by atoms with E-state index in [1.807, 2.05) is 31.6 Å². The Bertz CT molecular complexity index is 873. The fraction of sp³-hybridized carbons (Fsp3) is 0.769. The molecule has 35 heavy (non-hydrogen) atoms. The van der Waals surface area contributed by atoms with E-state index < -0.39 is 5.41 Å². The van der Waals surface area contributed by atoms with Crippen molar-refractivity contribution in [1.29, 1.82) is 0 Å². The van der Waals surface area contributed by atoms with Crippen molar-refractivity contribution in [2.75, 3.05) is 7.11 Å². The van der Waals surface area contributed by atoms with Crippen LogP contribution in [-0.4, -0.2) is 51.6 Å². The van der Waals surface area contributed by atoms with Crippen molar-refractivity contribution < 1.29 is 19.4 Å². The summed E-state index contributed by atoms with van der Waals surface area (Å²) in [7, 11) is 1.33. The average Bonchev–Trinajstić information content (AvgIpc) is 3.17. The fourth-order valence-electron chi connectivity index (χ4n) is 5.07. The molecule has 2 unspecified atom stereocenters. The number of amides is 1. The van der Waals surface area contributed by atoms with Crippen molar-refractivity contribution in [3.8, 4) is 0 Å². The zero-order valence-corrected chi connectivity index (χ0v) is 23.6. The summed E-state index contributed by atoms with van der Waals surface area (Å²) in [6, 6.07) is 0.120. The smallest absolute Gasteiger partial charge is 0.347 e. The SMILES string of the molecule is C=CC(=O)NC(C)CC(C)(C)c1cn(C(C)(C)CC(C)NC(C)(C)CC(C)(C)C(=O)OOC)nn1. The Morgan fingerprint density at radius 1 is 1.09 bits per heavy atom. The first-order chi connectivity index (χ1) is 15.8. The van der Waals surface area contributed by atoms with Crippen LogP contribution in [-0.2, 0) is 30.3 Å². The second kappa shape index (κ2) is 11.6. The van der Waals surface area contributed by atoms with E-state index in [9.17, 15) is 9.59 Å². The summed E-state index contributed by atoms with van der Waals surface area (Å²) >= 11 is 0. The molecule has 2 atom stereocenters. The maximum absolute atomic E-state index is 12.2. The Labute approximate surface area is 211 Å². The minimum absolute atomic E-state index is 0.0227. The summed E-state index contributed by atoms with van der Waals surface area (Å²) in [6.07, 6.45) is 5.39. The van der Waals surface area contributed by atoms with Gasteiger partial charge in [0.05, 0.1) is 23.8 Å². The molecule has 0 radical (unpaired) electrons. The molecule has 0 spiro atoms. The summed E-state index contributed by atoms with van der Waals surface area (Å²) in [6.45, 7) is 24.0. The molecular weight excluding hydrogens is 446 g/mol. The van der Waals surface area contributed by atoms with E-state index in [1.165, 1.54) is 13.2 Å². The molecule has 1 aromatic rings. The Morgan fingerprint density at radius 3 is 2.23 bits per heavy atom. The second-order valence-electron chi connectivity index (χ2n) is 12.3. The van der Waals surface area contributed by atoms with Crippen LogP contribution in [0.1, 0.15) is 94.2 Å². The van der Waals surface area contributed by atoms with Gasteiger partial charge in [0, 0.05) is 29.2 Å². The number of aromatic nitrogens is 3. The van der Waals surface area contributed by atoms with E-state index >= 15 is 0 Å². The van der Waals surface area contributed by atoms with Crippen LogP contribution in [0.2, 0.25) is 0 Å². The minimum Gasteiger partial charge on any atom is -0.350 e. The monoisotopic (exact) mass is 493 g/mol. The largest absolute Gasteiger partial charge is 0.350 e. The predicted octanol–water partition coefficient (Wildman–Crippen LogP) is 4.04. The van der Waals surface area contributed by atoms with Gasteiger partial charge in [-0.1, -0.05) is 25.6 Å². The fourth-order valence-corrected chi connectivity index (χ4v) is 5.07. The third-order valence-corrected chi connectivity index (χ3v) is 6.24. The highest BCUT2D eigenvalue weighted by Crippen LogP contribution is 2.32. The topological polar surface area (TPSA) is 107 Å². The number of hydrogen-bond acceptors (Lipinski definition) is 7. The second-order valence-corrected chi connectivity index (χ2v) is 12.3. The molecule has 2 N–H and O–H groups in total. The summed E-state index contributed by atoms with van der Waals surface area (Å²) in [5.41, 5.74) is -0.693. The van der Waals surface area contributed by atoms with Gasteiger partial charge in [0.2, 0.25) is 5.91 Å². The van der Waals surface area contributed by atoms with E-state index in [2.05, 4.69) is 80.9 Å². The van der Waals surface area contributed by atoms with Crippen molar-refractivity contribution in [2.24, 2.45) is 5.41 Å². The molecule has 9 heteroatoms. The first kappa shape index (κ1) is 30.8. The third-order valence-electron chi connectivity index (χ3n) is 6.24. The van der Waals surface area contributed by atoms with Crippen molar-refractivity contribution >= 4 is 11.9 Å². The Kier molecular flexibility index (Phi) is 10.2. The molecule has 0 aliphatic rings. The maximum Gasteiger partial charge on any atom is 0.347 e. The average molecular weight is 494 g/mol. The van der Waals surface area contributed by atoms with Gasteiger partial charge in [-0.15, -0.1) is 5.10 Å². The van der Waals surface area contributed by atoms with Gasteiger partial charge >= 0.3 is 5.97 Å². The number of carbonyl (C=O) groups excluding carboxylic acids is 2. The zero-order valence-electron chi connectivity index (χ0n) is 23.6. The molecule has 0 fully saturated rings. The summed E-state index contributed by atoms with van der Waals surface area (Å²) in [4.78, 5) is 33.2. The van der Waals surface area contributed by atoms with Crippen LogP contribution in [0, 0.1) is 5.41 Å². The summed E-state index contributed by atoms with van der Waals surface area (Å²) in [5, 5.41) is 15.5. The van der Waals surface area contributed by atoms with Gasteiger partial charge in [0.25, 0.3) is 0 Å². The molecule has 0 aliphatic heterocycles. The van der Waals surface area contributed by atoms with Gasteiger partial charge in [-0.2, -0.15) is 4.89 Å². The molecule has 0 aromatic carbocycles. The molecule has 1 aromatic heterocycles. The third kappa shape index (κ3) is 9.37. The molecule has 0 aliphatic carbocycles. The van der Waals surface area contributed by atoms with Crippen molar-refractivity contribution in [3.63, 3.8) is 0 Å². The summed E-state index contributed by atoms with van der Waals surface area (Å²) in [5.74, 6) is -0.569. The molecule has 0 saturated heterocycles. The van der Waals surface area contributed by atoms with E-state index in [1.54, 1.807) is 0 Å². The standard InChI is InChI=1S/C26H47N5O4/c1-13-21(32)27-18(2)14-23(4,5)20-16-31(30-29-20)26(10,11)15-19(3)28-25(8,9)17-24(6,7)22(33)35-34-12/h13,16,18-19,28H,1,14-15,17H2,2-12H3,(H,27,32). The highest BCUT2D eigenvalue weighted by molar-refractivity contribution is 5.87. The lowest BCUT2D eigenvalue weighted by atomic mass is 9.79. The van der Waals surface area contributed by atoms with E-state index in [4.69, 9.17) is 4.89 Å². The number of nitrogens with one attached hydrogen (secondary N) is 2. The van der Waals surface area contributed by atoms with Crippen LogP contribution in [0.25, 0.3) is 0 Å². The van der Waals surface area contributed by atoms with Gasteiger partial charge in [0.15, 0.2) is 0 Å². The molecule has 200 valence electrons. The van der Waals surface area contributed by atoms with Gasteiger partial charge in [0.1, 0.15) is 0 Å². The normalized spacial score (nSPS) is 14.8. The molecular formula is C26H47N5O4. The highest BCUT2D eigenvalue weighted by Gasteiger charge is 2.38. The molecule has 0 saturated carbocycles. The van der Waals surface area contributed by atoms with Gasteiger partial charge < -0.3 is 10.6 Å². The highest BCUT2D eigenvalue weighted by atomic mass is 17.2. The number of rotatable bonds is 14. The molecule has 0 bridgehead atoms. The lowest BCUT2D eigenvalue weighted by Crippen LogP contribution is -2.50. The van der Waals surface area contributed by atoms with E-state index in [-0.39, 0.29) is 40.5 Å². The van der Waals surface area contributed by atoms with Crippen LogP contribution in [0.5, 0.6) is 0 Å². The zero-order chi connectivity index (χ0) is 27.2. The Balaban J connectivity index is 2.86. The minimum atomic E-state index is -0.698. The number of hydrogen-bond donors (Lipinski definition) is 2. The lowest BCUT2D eigenvalue weighted by molar-refractivity contribution is -0.264. The first-order valence-electron chi connectivity index (χ1n) is 12.2. The maximum atomic E-state index is 12.2. The Morgan fingerprint density at radius 2 is 1.69 bits per heavy atom. The van der Waals surface area contributed by atoms with E-state index in [0.29, 0.717) is 6.42 Å². The van der Waals surface area contributed by atoms with Crippen LogP contribution in [0.15, 0.2) is 18.9 Å². The quantitative estimate of drug-likeness (QED) is 0.229. The van der Waals surface area contributed by atoms with Crippen molar-refractivity contribution in [2.45, 2.75) is 117 Å². The van der Waals surface area contributed by atoms with Crippen molar-refractivity contribution in [1.82, 2.24) is 25.6 Å². The van der Waals surface area contributed by atoms with Gasteiger partial charge in [-0.05, 0) is 80.7 Å². The van der Waals surface area contributed by atoms with Crippen LogP contribution < -0.4 is 10.6 Å². The van der Waals surface area contributed by atoms with Crippen molar-refractivity contribution in [3.05, 3.63) is 24.5 Å². The molecule has 1 amide bonds. The summed E-state index contributed by atoms with van der Waals surface area (Å²) < 4.78 is 1.92. The predicted molar refractivity (Wildman–Crippen MR) is 138 cm³/mol. The Hall–Kier alpha value is -2.26.